The molecule has 1 N–H and O–H groups in total. The van der Waals surface area contributed by atoms with E-state index in [2.05, 4.69) is 59.0 Å². The molecule has 1 aliphatic carbocycles. The van der Waals surface area contributed by atoms with E-state index >= 15 is 0 Å². The van der Waals surface area contributed by atoms with Gasteiger partial charge in [-0.25, -0.2) is 4.79 Å². The van der Waals surface area contributed by atoms with Gasteiger partial charge >= 0.3 is 11.9 Å². The Morgan fingerprint density at radius 3 is 2.10 bits per heavy atom. The molecular formula is C42H56O6Si. The number of esters is 1. The molecule has 0 radical (unpaired) electrons. The Morgan fingerprint density at radius 1 is 0.857 bits per heavy atom. The third-order valence-electron chi connectivity index (χ3n) is 10.2. The Bertz CT molecular complexity index is 1490. The monoisotopic (exact) mass is 684 g/mol. The van der Waals surface area contributed by atoms with Gasteiger partial charge in [0, 0.05) is 18.8 Å². The molecule has 264 valence electrons. The molecule has 0 bridgehead atoms. The molecule has 0 aliphatic heterocycles. The Kier molecular flexibility index (Phi) is 13.9. The topological polar surface area (TPSA) is 82.1 Å². The van der Waals surface area contributed by atoms with Crippen molar-refractivity contribution in [1.29, 1.82) is 0 Å². The number of carboxylic acids is 1. The fourth-order valence-corrected chi connectivity index (χ4v) is 7.70. The number of rotatable bonds is 18. The smallest absolute Gasteiger partial charge is 0.338 e. The highest BCUT2D eigenvalue weighted by Crippen LogP contribution is 2.40. The van der Waals surface area contributed by atoms with Gasteiger partial charge in [0.05, 0.1) is 11.7 Å². The van der Waals surface area contributed by atoms with Gasteiger partial charge in [0.25, 0.3) is 0 Å². The Balaban J connectivity index is 1.45. The zero-order valence-corrected chi connectivity index (χ0v) is 31.3. The van der Waals surface area contributed by atoms with Crippen molar-refractivity contribution in [2.75, 3.05) is 0 Å². The minimum absolute atomic E-state index is 0.0616. The fraction of sp³-hybridized carbons (Fsp3) is 0.476. The summed E-state index contributed by atoms with van der Waals surface area (Å²) < 4.78 is 19.7. The molecule has 0 amide bonds. The van der Waals surface area contributed by atoms with E-state index in [4.69, 9.17) is 19.0 Å². The molecule has 1 aliphatic rings. The molecule has 0 heterocycles. The lowest BCUT2D eigenvalue weighted by molar-refractivity contribution is -0.137. The molecule has 7 heteroatoms. The second-order valence-corrected chi connectivity index (χ2v) is 19.7. The van der Waals surface area contributed by atoms with E-state index in [0.717, 1.165) is 55.4 Å². The van der Waals surface area contributed by atoms with E-state index in [1.807, 2.05) is 72.8 Å². The Morgan fingerprint density at radius 2 is 1.47 bits per heavy atom. The van der Waals surface area contributed by atoms with E-state index in [1.165, 1.54) is 5.57 Å². The molecule has 4 atom stereocenters. The molecular weight excluding hydrogens is 629 g/mol. The van der Waals surface area contributed by atoms with Crippen LogP contribution in [-0.4, -0.2) is 43.7 Å². The summed E-state index contributed by atoms with van der Waals surface area (Å²) in [4.78, 5) is 24.4. The lowest BCUT2D eigenvalue weighted by Crippen LogP contribution is -2.47. The minimum atomic E-state index is -2.09. The molecule has 1 unspecified atom stereocenters. The molecule has 0 fully saturated rings. The zero-order chi connectivity index (χ0) is 35.4. The van der Waals surface area contributed by atoms with Gasteiger partial charge in [-0.05, 0) is 86.1 Å². The van der Waals surface area contributed by atoms with Gasteiger partial charge in [0.1, 0.15) is 18.0 Å². The maximum atomic E-state index is 13.4. The summed E-state index contributed by atoms with van der Waals surface area (Å²) in [5.41, 5.74) is 4.03. The van der Waals surface area contributed by atoms with Crippen LogP contribution < -0.4 is 4.74 Å². The first-order valence-electron chi connectivity index (χ1n) is 18.0. The summed E-state index contributed by atoms with van der Waals surface area (Å²) in [7, 11) is -2.09. The summed E-state index contributed by atoms with van der Waals surface area (Å²) in [5, 5.41) is 9.09. The van der Waals surface area contributed by atoms with Crippen molar-refractivity contribution in [2.24, 2.45) is 5.92 Å². The Hall–Kier alpha value is -3.68. The third-order valence-corrected chi connectivity index (χ3v) is 14.7. The molecule has 0 spiro atoms. The number of aliphatic carboxylic acids is 1. The van der Waals surface area contributed by atoms with Gasteiger partial charge in [-0.2, -0.15) is 0 Å². The predicted molar refractivity (Wildman–Crippen MR) is 200 cm³/mol. The van der Waals surface area contributed by atoms with Crippen molar-refractivity contribution >= 4 is 20.3 Å². The molecule has 4 rings (SSSR count). The zero-order valence-electron chi connectivity index (χ0n) is 30.3. The van der Waals surface area contributed by atoms with E-state index in [-0.39, 0.29) is 41.7 Å². The van der Waals surface area contributed by atoms with Crippen molar-refractivity contribution in [3.05, 3.63) is 102 Å². The van der Waals surface area contributed by atoms with Crippen LogP contribution in [0.2, 0.25) is 18.1 Å². The van der Waals surface area contributed by atoms with Crippen molar-refractivity contribution in [3.8, 4) is 16.9 Å². The highest BCUT2D eigenvalue weighted by molar-refractivity contribution is 6.74. The highest BCUT2D eigenvalue weighted by Gasteiger charge is 2.41. The number of ether oxygens (including phenoxy) is 2. The average Bonchev–Trinajstić information content (AvgIpc) is 3.45. The van der Waals surface area contributed by atoms with Gasteiger partial charge in [0.15, 0.2) is 8.32 Å². The van der Waals surface area contributed by atoms with Gasteiger partial charge in [0.2, 0.25) is 0 Å². The van der Waals surface area contributed by atoms with Crippen molar-refractivity contribution in [1.82, 2.24) is 0 Å². The van der Waals surface area contributed by atoms with E-state index in [0.29, 0.717) is 18.4 Å². The number of hydrogen-bond acceptors (Lipinski definition) is 5. The first kappa shape index (κ1) is 38.1. The number of para-hydroxylation sites is 1. The number of benzene rings is 3. The van der Waals surface area contributed by atoms with Crippen LogP contribution in [0.15, 0.2) is 96.6 Å². The number of carboxylic acid groups (broad SMARTS) is 1. The average molecular weight is 685 g/mol. The van der Waals surface area contributed by atoms with Crippen molar-refractivity contribution in [2.45, 2.75) is 122 Å². The van der Waals surface area contributed by atoms with Crippen LogP contribution >= 0.6 is 0 Å². The van der Waals surface area contributed by atoms with Crippen LogP contribution in [0.5, 0.6) is 5.75 Å². The maximum Gasteiger partial charge on any atom is 0.338 e. The summed E-state index contributed by atoms with van der Waals surface area (Å²) >= 11 is 0. The van der Waals surface area contributed by atoms with Gasteiger partial charge < -0.3 is 19.0 Å². The predicted octanol–water partition coefficient (Wildman–Crippen LogP) is 10.9. The number of carbonyl (C=O) groups is 2. The van der Waals surface area contributed by atoms with Crippen LogP contribution in [0.1, 0.15) is 95.8 Å². The lowest BCUT2D eigenvalue weighted by Gasteiger charge is -2.41. The first-order valence-corrected chi connectivity index (χ1v) is 20.9. The fourth-order valence-electron chi connectivity index (χ4n) is 6.28. The second kappa shape index (κ2) is 17.8. The quantitative estimate of drug-likeness (QED) is 0.0621. The maximum absolute atomic E-state index is 13.4. The van der Waals surface area contributed by atoms with Crippen LogP contribution in [0.3, 0.4) is 0 Å². The van der Waals surface area contributed by atoms with E-state index in [1.54, 1.807) is 0 Å². The minimum Gasteiger partial charge on any atom is -0.488 e. The molecule has 0 saturated carbocycles. The van der Waals surface area contributed by atoms with Crippen LogP contribution in [0, 0.1) is 5.92 Å². The molecule has 3 aromatic rings. The van der Waals surface area contributed by atoms with Gasteiger partial charge in [-0.1, -0.05) is 112 Å². The summed E-state index contributed by atoms with van der Waals surface area (Å²) in [6, 6.07) is 27.7. The highest BCUT2D eigenvalue weighted by atomic mass is 28.4. The molecule has 49 heavy (non-hydrogen) atoms. The molecule has 0 aromatic heterocycles. The lowest BCUT2D eigenvalue weighted by atomic mass is 9.89. The SMILES string of the molecule is CC(Oc1ccccc1)[C@H](CCC1=CC[C@H](OC(=O)c2ccc(-c3ccccc3)cc2)[C@@H]1CCCCCCC(=O)O)O[Si](C)(C)C(C)(C)C. The van der Waals surface area contributed by atoms with Crippen LogP contribution in [0.4, 0.5) is 0 Å². The largest absolute Gasteiger partial charge is 0.488 e. The van der Waals surface area contributed by atoms with Crippen LogP contribution in [-0.2, 0) is 14.0 Å². The van der Waals surface area contributed by atoms with E-state index < -0.39 is 14.3 Å². The van der Waals surface area contributed by atoms with Crippen LogP contribution in [0.25, 0.3) is 11.1 Å². The molecule has 0 saturated heterocycles. The van der Waals surface area contributed by atoms with Gasteiger partial charge in [-0.3, -0.25) is 4.79 Å². The van der Waals surface area contributed by atoms with E-state index in [9.17, 15) is 9.59 Å². The summed E-state index contributed by atoms with van der Waals surface area (Å²) in [6.45, 7) is 13.5. The standard InChI is InChI=1S/C42H56O6Si/c1-31(46-36-19-13-10-14-20-36)38(48-49(5,6)42(2,3)4)29-27-34-28-30-39(37(34)21-15-7-8-16-22-40(43)44)47-41(45)35-25-23-33(24-26-35)32-17-11-9-12-18-32/h9-14,17-20,23-26,28,31,37-39H,7-8,15-16,21-22,27,29-30H2,1-6H3,(H,43,44)/t31?,37-,38+,39+/m1/s1. The second-order valence-electron chi connectivity index (χ2n) is 14.9. The number of unbranched alkanes of at least 4 members (excludes halogenated alkanes) is 3. The molecule has 3 aromatic carbocycles. The normalized spacial score (nSPS) is 17.6. The number of carbonyl (C=O) groups excluding carboxylic acids is 1. The van der Waals surface area contributed by atoms with Gasteiger partial charge in [-0.15, -0.1) is 0 Å². The summed E-state index contributed by atoms with van der Waals surface area (Å²) in [6.07, 6.45) is 8.73. The number of hydrogen-bond donors (Lipinski definition) is 1. The first-order chi connectivity index (χ1) is 23.3. The summed E-state index contributed by atoms with van der Waals surface area (Å²) in [5.74, 6) is -0.0891. The van der Waals surface area contributed by atoms with Crippen molar-refractivity contribution in [3.63, 3.8) is 0 Å². The third kappa shape index (κ3) is 11.4. The molecule has 6 nitrogen and oxygen atoms in total. The van der Waals surface area contributed by atoms with Crippen molar-refractivity contribution < 1.29 is 28.6 Å². The Labute approximate surface area is 295 Å².